The van der Waals surface area contributed by atoms with Gasteiger partial charge in [0.05, 0.1) is 19.4 Å². The smallest absolute Gasteiger partial charge is 0.428 e. The van der Waals surface area contributed by atoms with Crippen molar-refractivity contribution in [2.75, 3.05) is 13.2 Å². The maximum Gasteiger partial charge on any atom is 0.514 e. The molecular weight excluding hydrogens is 415 g/mol. The quantitative estimate of drug-likeness (QED) is 0.242. The summed E-state index contributed by atoms with van der Waals surface area (Å²) in [6.45, 7) is 21.9. The molecule has 178 valence electrons. The van der Waals surface area contributed by atoms with Crippen LogP contribution in [0.4, 0.5) is 4.79 Å². The van der Waals surface area contributed by atoms with E-state index in [1.54, 1.807) is 34.6 Å². The first-order valence-electron chi connectivity index (χ1n) is 10.9. The van der Waals surface area contributed by atoms with Gasteiger partial charge in [0.15, 0.2) is 0 Å². The molecule has 0 amide bonds. The van der Waals surface area contributed by atoms with E-state index < -0.39 is 19.4 Å². The highest BCUT2D eigenvalue weighted by molar-refractivity contribution is 7.53. The predicted octanol–water partition coefficient (Wildman–Crippen LogP) is 7.36. The fraction of sp³-hybridized carbons (Fsp3) is 0.708. The Morgan fingerprint density at radius 3 is 1.58 bits per heavy atom. The molecule has 1 aromatic rings. The van der Waals surface area contributed by atoms with Crippen LogP contribution >= 0.6 is 7.60 Å². The number of hydrogen-bond donors (Lipinski definition) is 0. The summed E-state index contributed by atoms with van der Waals surface area (Å²) in [5, 5.41) is 0. The Bertz CT molecular complexity index is 764. The molecule has 0 bridgehead atoms. The molecule has 0 fully saturated rings. The van der Waals surface area contributed by atoms with Crippen LogP contribution in [0.15, 0.2) is 12.1 Å². The number of ether oxygens (including phenoxy) is 2. The van der Waals surface area contributed by atoms with Crippen LogP contribution in [0.5, 0.6) is 5.75 Å². The van der Waals surface area contributed by atoms with Gasteiger partial charge in [0.1, 0.15) is 11.4 Å². The monoisotopic (exact) mass is 456 g/mol. The SMILES string of the molecule is CCOP(=O)(Cc1cc(C(C)(C)C)c(OC(=O)OC(C)(C)C)c(C(C)(C)C)c1)OCC. The molecule has 6 nitrogen and oxygen atoms in total. The highest BCUT2D eigenvalue weighted by Crippen LogP contribution is 2.52. The number of benzene rings is 1. The third kappa shape index (κ3) is 8.59. The van der Waals surface area contributed by atoms with Crippen LogP contribution in [0.1, 0.15) is 92.9 Å². The summed E-state index contributed by atoms with van der Waals surface area (Å²) in [7, 11) is -3.29. The van der Waals surface area contributed by atoms with Crippen LogP contribution in [0, 0.1) is 0 Å². The van der Waals surface area contributed by atoms with Gasteiger partial charge >= 0.3 is 13.8 Å². The molecule has 31 heavy (non-hydrogen) atoms. The number of carbonyl (C=O) groups excluding carboxylic acids is 1. The summed E-state index contributed by atoms with van der Waals surface area (Å²) in [5.74, 6) is 0.487. The molecule has 1 rings (SSSR count). The average Bonchev–Trinajstić information content (AvgIpc) is 2.52. The Kier molecular flexibility index (Phi) is 8.98. The van der Waals surface area contributed by atoms with Gasteiger partial charge in [0.2, 0.25) is 0 Å². The molecule has 0 saturated heterocycles. The van der Waals surface area contributed by atoms with Gasteiger partial charge in [-0.15, -0.1) is 0 Å². The molecule has 0 atom stereocenters. The van der Waals surface area contributed by atoms with E-state index in [9.17, 15) is 9.36 Å². The molecule has 0 aliphatic carbocycles. The summed E-state index contributed by atoms with van der Waals surface area (Å²) < 4.78 is 35.4. The predicted molar refractivity (Wildman–Crippen MR) is 125 cm³/mol. The van der Waals surface area contributed by atoms with Crippen LogP contribution < -0.4 is 4.74 Å². The van der Waals surface area contributed by atoms with Gasteiger partial charge in [-0.1, -0.05) is 53.7 Å². The van der Waals surface area contributed by atoms with Crippen molar-refractivity contribution >= 4 is 13.8 Å². The zero-order valence-electron chi connectivity index (χ0n) is 21.2. The molecule has 0 N–H and O–H groups in total. The first-order valence-corrected chi connectivity index (χ1v) is 12.6. The van der Waals surface area contributed by atoms with Gasteiger partial charge in [-0.05, 0) is 51.0 Å². The van der Waals surface area contributed by atoms with Gasteiger partial charge < -0.3 is 18.5 Å². The molecule has 7 heteroatoms. The second kappa shape index (κ2) is 10.1. The fourth-order valence-electron chi connectivity index (χ4n) is 3.10. The summed E-state index contributed by atoms with van der Waals surface area (Å²) in [6, 6.07) is 3.86. The molecular formula is C24H41O6P. The molecule has 0 heterocycles. The minimum atomic E-state index is -3.29. The average molecular weight is 457 g/mol. The first kappa shape index (κ1) is 27.7. The summed E-state index contributed by atoms with van der Waals surface area (Å²) in [5.41, 5.74) is 1.14. The lowest BCUT2D eigenvalue weighted by Gasteiger charge is -2.31. The number of rotatable bonds is 7. The molecule has 0 saturated carbocycles. The molecule has 0 radical (unpaired) electrons. The molecule has 0 unspecified atom stereocenters. The zero-order valence-corrected chi connectivity index (χ0v) is 22.1. The van der Waals surface area contributed by atoms with Gasteiger partial charge in [-0.25, -0.2) is 4.79 Å². The lowest BCUT2D eigenvalue weighted by atomic mass is 9.78. The molecule has 0 aliphatic heterocycles. The van der Waals surface area contributed by atoms with Crippen molar-refractivity contribution in [1.29, 1.82) is 0 Å². The third-order valence-electron chi connectivity index (χ3n) is 4.37. The Morgan fingerprint density at radius 2 is 1.26 bits per heavy atom. The third-order valence-corrected chi connectivity index (χ3v) is 6.42. The number of hydrogen-bond acceptors (Lipinski definition) is 6. The van der Waals surface area contributed by atoms with E-state index in [2.05, 4.69) is 0 Å². The molecule has 0 aromatic heterocycles. The van der Waals surface area contributed by atoms with Crippen molar-refractivity contribution < 1.29 is 27.9 Å². The van der Waals surface area contributed by atoms with Gasteiger partial charge in [-0.3, -0.25) is 4.57 Å². The maximum absolute atomic E-state index is 13.2. The molecule has 0 spiro atoms. The van der Waals surface area contributed by atoms with Gasteiger partial charge in [-0.2, -0.15) is 0 Å². The van der Waals surface area contributed by atoms with E-state index in [1.807, 2.05) is 53.7 Å². The highest BCUT2D eigenvalue weighted by Gasteiger charge is 2.32. The largest absolute Gasteiger partial charge is 0.514 e. The standard InChI is InChI=1S/C24H41O6P/c1-12-27-31(26,28-13-2)16-17-14-18(22(3,4)5)20(19(15-17)23(6,7)8)29-21(25)30-24(9,10)11/h14-15H,12-13,16H2,1-11H3. The summed E-state index contributed by atoms with van der Waals surface area (Å²) in [4.78, 5) is 12.5. The van der Waals surface area contributed by atoms with Crippen LogP contribution in [-0.4, -0.2) is 25.0 Å². The Balaban J connectivity index is 3.64. The van der Waals surface area contributed by atoms with E-state index in [4.69, 9.17) is 18.5 Å². The van der Waals surface area contributed by atoms with Gasteiger partial charge in [0.25, 0.3) is 0 Å². The fourth-order valence-corrected chi connectivity index (χ4v) is 4.78. The van der Waals surface area contributed by atoms with Crippen molar-refractivity contribution in [3.63, 3.8) is 0 Å². The van der Waals surface area contributed by atoms with E-state index in [1.165, 1.54) is 0 Å². The maximum atomic E-state index is 13.2. The van der Waals surface area contributed by atoms with Gasteiger partial charge in [0, 0.05) is 11.1 Å². The van der Waals surface area contributed by atoms with Crippen LogP contribution in [0.3, 0.4) is 0 Å². The molecule has 1 aromatic carbocycles. The van der Waals surface area contributed by atoms with Crippen molar-refractivity contribution in [3.05, 3.63) is 28.8 Å². The first-order chi connectivity index (χ1) is 13.9. The summed E-state index contributed by atoms with van der Waals surface area (Å²) in [6.07, 6.45) is -0.598. The van der Waals surface area contributed by atoms with E-state index in [0.29, 0.717) is 19.0 Å². The van der Waals surface area contributed by atoms with Crippen LogP contribution in [0.2, 0.25) is 0 Å². The van der Waals surface area contributed by atoms with Crippen molar-refractivity contribution in [3.8, 4) is 5.75 Å². The Labute approximate surface area is 188 Å². The zero-order chi connectivity index (χ0) is 24.3. The molecule has 0 aliphatic rings. The Hall–Kier alpha value is -1.36. The minimum absolute atomic E-state index is 0.146. The lowest BCUT2D eigenvalue weighted by Crippen LogP contribution is -2.28. The van der Waals surface area contributed by atoms with Crippen molar-refractivity contribution in [1.82, 2.24) is 0 Å². The highest BCUT2D eigenvalue weighted by atomic mass is 31.2. The van der Waals surface area contributed by atoms with E-state index in [-0.39, 0.29) is 17.0 Å². The normalized spacial score (nSPS) is 13.3. The van der Waals surface area contributed by atoms with Crippen LogP contribution in [0.25, 0.3) is 0 Å². The number of carbonyl (C=O) groups is 1. The topological polar surface area (TPSA) is 71.1 Å². The van der Waals surface area contributed by atoms with E-state index in [0.717, 1.165) is 16.7 Å². The van der Waals surface area contributed by atoms with Crippen molar-refractivity contribution in [2.45, 2.75) is 98.8 Å². The summed E-state index contributed by atoms with van der Waals surface area (Å²) >= 11 is 0. The van der Waals surface area contributed by atoms with Crippen molar-refractivity contribution in [2.24, 2.45) is 0 Å². The lowest BCUT2D eigenvalue weighted by molar-refractivity contribution is 0.0199. The minimum Gasteiger partial charge on any atom is -0.428 e. The second-order valence-corrected chi connectivity index (χ2v) is 12.7. The van der Waals surface area contributed by atoms with Crippen LogP contribution in [-0.2, 0) is 35.3 Å². The Morgan fingerprint density at radius 1 is 0.839 bits per heavy atom. The second-order valence-electron chi connectivity index (χ2n) is 10.7. The van der Waals surface area contributed by atoms with E-state index >= 15 is 0 Å².